The van der Waals surface area contributed by atoms with Crippen LogP contribution < -0.4 is 5.32 Å². The highest BCUT2D eigenvalue weighted by atomic mass is 127. The molecular weight excluding hydrogens is 313 g/mol. The number of nitrogens with one attached hydrogen (secondary N) is 1. The maximum atomic E-state index is 11.6. The first-order chi connectivity index (χ1) is 6.65. The molecule has 0 aliphatic heterocycles. The Morgan fingerprint density at radius 3 is 2.86 bits per heavy atom. The summed E-state index contributed by atoms with van der Waals surface area (Å²) in [6.45, 7) is 4.17. The van der Waals surface area contributed by atoms with E-state index >= 15 is 0 Å². The Bertz CT molecular complexity index is 289. The Hall–Kier alpha value is -0.240. The Kier molecular flexibility index (Phi) is 4.73. The fourth-order valence-corrected chi connectivity index (χ4v) is 2.56. The van der Waals surface area contributed by atoms with Gasteiger partial charge in [0.05, 0.1) is 0 Å². The lowest BCUT2D eigenvalue weighted by Gasteiger charge is -2.18. The zero-order valence-electron chi connectivity index (χ0n) is 8.03. The molecule has 6 heteroatoms. The molecule has 1 atom stereocenters. The summed E-state index contributed by atoms with van der Waals surface area (Å²) in [6, 6.07) is 0.199. The first-order valence-electron chi connectivity index (χ1n) is 4.29. The predicted octanol–water partition coefficient (Wildman–Crippen LogP) is 1.73. The highest BCUT2D eigenvalue weighted by Crippen LogP contribution is 2.06. The van der Waals surface area contributed by atoms with Crippen LogP contribution in [0.4, 0.5) is 0 Å². The Morgan fingerprint density at radius 2 is 2.43 bits per heavy atom. The molecular formula is C8H12IN3OS. The molecule has 0 aliphatic carbocycles. The number of rotatable bonds is 4. The molecule has 1 amide bonds. The standard InChI is InChI=1S/C8H12IN3OS/c1-5(2)6(3-9)10-8(13)7-4-14-12-11-7/h4-6H,3H2,1-2H3,(H,10,13). The van der Waals surface area contributed by atoms with Gasteiger partial charge in [-0.15, -0.1) is 5.10 Å². The summed E-state index contributed by atoms with van der Waals surface area (Å²) in [7, 11) is 0. The molecule has 14 heavy (non-hydrogen) atoms. The summed E-state index contributed by atoms with van der Waals surface area (Å²) in [5, 5.41) is 8.30. The SMILES string of the molecule is CC(C)C(CI)NC(=O)c1csnn1. The van der Waals surface area contributed by atoms with E-state index in [2.05, 4.69) is 51.3 Å². The second kappa shape index (κ2) is 5.59. The number of hydrogen-bond acceptors (Lipinski definition) is 4. The van der Waals surface area contributed by atoms with Gasteiger partial charge in [-0.3, -0.25) is 4.79 Å². The van der Waals surface area contributed by atoms with Crippen molar-refractivity contribution in [1.82, 2.24) is 14.9 Å². The largest absolute Gasteiger partial charge is 0.347 e. The molecule has 0 spiro atoms. The van der Waals surface area contributed by atoms with Crippen molar-refractivity contribution in [2.24, 2.45) is 5.92 Å². The van der Waals surface area contributed by atoms with E-state index in [0.717, 1.165) is 4.43 Å². The summed E-state index contributed by atoms with van der Waals surface area (Å²) in [4.78, 5) is 11.6. The lowest BCUT2D eigenvalue weighted by Crippen LogP contribution is -2.39. The smallest absolute Gasteiger partial charge is 0.272 e. The van der Waals surface area contributed by atoms with Crippen LogP contribution in [0.3, 0.4) is 0 Å². The molecule has 0 saturated carbocycles. The van der Waals surface area contributed by atoms with Gasteiger partial charge in [0.1, 0.15) is 0 Å². The number of aromatic nitrogens is 2. The molecule has 0 aliphatic rings. The van der Waals surface area contributed by atoms with Crippen molar-refractivity contribution in [1.29, 1.82) is 0 Å². The van der Waals surface area contributed by atoms with Crippen LogP contribution in [0.25, 0.3) is 0 Å². The molecule has 4 nitrogen and oxygen atoms in total. The lowest BCUT2D eigenvalue weighted by molar-refractivity contribution is 0.0927. The van der Waals surface area contributed by atoms with Crippen LogP contribution in [-0.2, 0) is 0 Å². The van der Waals surface area contributed by atoms with Gasteiger partial charge in [0.15, 0.2) is 5.69 Å². The van der Waals surface area contributed by atoms with Crippen LogP contribution in [0.15, 0.2) is 5.38 Å². The third-order valence-corrected chi connectivity index (χ3v) is 3.33. The summed E-state index contributed by atoms with van der Waals surface area (Å²) < 4.78 is 4.55. The van der Waals surface area contributed by atoms with Gasteiger partial charge in [0, 0.05) is 15.8 Å². The summed E-state index contributed by atoms with van der Waals surface area (Å²) in [6.07, 6.45) is 0. The van der Waals surface area contributed by atoms with Crippen molar-refractivity contribution in [3.05, 3.63) is 11.1 Å². The number of halogens is 1. The minimum Gasteiger partial charge on any atom is -0.347 e. The second-order valence-corrected chi connectivity index (χ2v) is 4.76. The quantitative estimate of drug-likeness (QED) is 0.678. The molecule has 1 aromatic rings. The molecule has 78 valence electrons. The molecule has 1 rings (SSSR count). The number of carbonyl (C=O) groups excluding carboxylic acids is 1. The van der Waals surface area contributed by atoms with Crippen molar-refractivity contribution in [3.63, 3.8) is 0 Å². The lowest BCUT2D eigenvalue weighted by atomic mass is 10.1. The van der Waals surface area contributed by atoms with E-state index in [4.69, 9.17) is 0 Å². The average molecular weight is 325 g/mol. The van der Waals surface area contributed by atoms with Gasteiger partial charge >= 0.3 is 0 Å². The zero-order valence-corrected chi connectivity index (χ0v) is 11.0. The van der Waals surface area contributed by atoms with Crippen molar-refractivity contribution >= 4 is 40.0 Å². The third kappa shape index (κ3) is 3.16. The molecule has 1 aromatic heterocycles. The van der Waals surface area contributed by atoms with Crippen LogP contribution in [-0.4, -0.2) is 26.0 Å². The van der Waals surface area contributed by atoms with Crippen LogP contribution in [0, 0.1) is 5.92 Å². The van der Waals surface area contributed by atoms with Crippen LogP contribution >= 0.6 is 34.1 Å². The molecule has 0 fully saturated rings. The minimum atomic E-state index is -0.130. The van der Waals surface area contributed by atoms with Gasteiger partial charge in [0.25, 0.3) is 5.91 Å². The predicted molar refractivity (Wildman–Crippen MR) is 64.9 cm³/mol. The number of amides is 1. The highest BCUT2D eigenvalue weighted by Gasteiger charge is 2.17. The van der Waals surface area contributed by atoms with E-state index in [-0.39, 0.29) is 11.9 Å². The van der Waals surface area contributed by atoms with Crippen molar-refractivity contribution in [2.75, 3.05) is 4.43 Å². The summed E-state index contributed by atoms with van der Waals surface area (Å²) >= 11 is 3.45. The summed E-state index contributed by atoms with van der Waals surface area (Å²) in [5.41, 5.74) is 0.408. The van der Waals surface area contributed by atoms with Gasteiger partial charge in [0.2, 0.25) is 0 Å². The minimum absolute atomic E-state index is 0.130. The van der Waals surface area contributed by atoms with Crippen molar-refractivity contribution < 1.29 is 4.79 Å². The van der Waals surface area contributed by atoms with Crippen LogP contribution in [0.1, 0.15) is 24.3 Å². The maximum absolute atomic E-state index is 11.6. The van der Waals surface area contributed by atoms with Gasteiger partial charge in [-0.25, -0.2) is 0 Å². The van der Waals surface area contributed by atoms with E-state index in [1.807, 2.05) is 0 Å². The van der Waals surface area contributed by atoms with E-state index in [9.17, 15) is 4.79 Å². The first kappa shape index (κ1) is 11.8. The van der Waals surface area contributed by atoms with Crippen molar-refractivity contribution in [2.45, 2.75) is 19.9 Å². The zero-order chi connectivity index (χ0) is 10.6. The maximum Gasteiger partial charge on any atom is 0.272 e. The Balaban J connectivity index is 2.56. The number of hydrogen-bond donors (Lipinski definition) is 1. The van der Waals surface area contributed by atoms with Gasteiger partial charge in [-0.1, -0.05) is 40.9 Å². The molecule has 1 N–H and O–H groups in total. The molecule has 1 unspecified atom stereocenters. The topological polar surface area (TPSA) is 54.9 Å². The normalized spacial score (nSPS) is 12.9. The molecule has 0 bridgehead atoms. The van der Waals surface area contributed by atoms with E-state index < -0.39 is 0 Å². The summed E-state index contributed by atoms with van der Waals surface area (Å²) in [5.74, 6) is 0.302. The number of carbonyl (C=O) groups is 1. The molecule has 0 saturated heterocycles. The van der Waals surface area contributed by atoms with Crippen LogP contribution in [0.2, 0.25) is 0 Å². The molecule has 1 heterocycles. The van der Waals surface area contributed by atoms with Crippen molar-refractivity contribution in [3.8, 4) is 0 Å². The highest BCUT2D eigenvalue weighted by molar-refractivity contribution is 14.1. The van der Waals surface area contributed by atoms with E-state index in [1.54, 1.807) is 5.38 Å². The van der Waals surface area contributed by atoms with Gasteiger partial charge in [-0.05, 0) is 17.5 Å². The first-order valence-corrected chi connectivity index (χ1v) is 6.65. The monoisotopic (exact) mass is 325 g/mol. The average Bonchev–Trinajstić information content (AvgIpc) is 2.65. The third-order valence-electron chi connectivity index (χ3n) is 1.88. The van der Waals surface area contributed by atoms with E-state index in [0.29, 0.717) is 11.6 Å². The fourth-order valence-electron chi connectivity index (χ4n) is 0.889. The fraction of sp³-hybridized carbons (Fsp3) is 0.625. The second-order valence-electron chi connectivity index (χ2n) is 3.27. The number of alkyl halides is 1. The van der Waals surface area contributed by atoms with Gasteiger partial charge < -0.3 is 5.32 Å². The Labute approximate surface area is 101 Å². The molecule has 0 aromatic carbocycles. The van der Waals surface area contributed by atoms with E-state index in [1.165, 1.54) is 11.5 Å². The number of nitrogens with zero attached hydrogens (tertiary/aromatic N) is 2. The Morgan fingerprint density at radius 1 is 1.71 bits per heavy atom. The van der Waals surface area contributed by atoms with Crippen LogP contribution in [0.5, 0.6) is 0 Å². The molecule has 0 radical (unpaired) electrons. The van der Waals surface area contributed by atoms with Gasteiger partial charge in [-0.2, -0.15) is 0 Å².